The van der Waals surface area contributed by atoms with Crippen LogP contribution in [-0.2, 0) is 22.9 Å². The molecule has 1 aliphatic heterocycles. The third kappa shape index (κ3) is 2.87. The van der Waals surface area contributed by atoms with Crippen LogP contribution in [0.15, 0.2) is 23.1 Å². The molecule has 1 atom stereocenters. The Bertz CT molecular complexity index is 627. The van der Waals surface area contributed by atoms with Gasteiger partial charge in [0.05, 0.1) is 4.90 Å². The summed E-state index contributed by atoms with van der Waals surface area (Å²) in [6, 6.07) is 5.76. The predicted molar refractivity (Wildman–Crippen MR) is 83.9 cm³/mol. The number of rotatable bonds is 2. The first-order chi connectivity index (χ1) is 9.98. The molecular weight excluding hydrogens is 284 g/mol. The Hall–Kier alpha value is -0.910. The number of hydrogen-bond donors (Lipinski definition) is 0. The summed E-state index contributed by atoms with van der Waals surface area (Å²) in [5.41, 5.74) is 2.55. The maximum Gasteiger partial charge on any atom is 0.243 e. The minimum atomic E-state index is -3.36. The molecule has 1 aliphatic carbocycles. The fourth-order valence-electron chi connectivity index (χ4n) is 3.49. The first-order valence-electron chi connectivity index (χ1n) is 7.80. The van der Waals surface area contributed by atoms with Crippen LogP contribution in [0.5, 0.6) is 0 Å². The maximum atomic E-state index is 12.9. The van der Waals surface area contributed by atoms with Crippen LogP contribution in [0.2, 0.25) is 0 Å². The Balaban J connectivity index is 1.91. The molecule has 0 bridgehead atoms. The van der Waals surface area contributed by atoms with Crippen molar-refractivity contribution in [1.82, 2.24) is 9.21 Å². The summed E-state index contributed by atoms with van der Waals surface area (Å²) in [6.45, 7) is 4.17. The topological polar surface area (TPSA) is 40.6 Å². The third-order valence-electron chi connectivity index (χ3n) is 4.70. The van der Waals surface area contributed by atoms with Crippen LogP contribution in [-0.4, -0.2) is 50.3 Å². The average Bonchev–Trinajstić information content (AvgIpc) is 2.46. The van der Waals surface area contributed by atoms with Crippen LogP contribution in [0.4, 0.5) is 0 Å². The highest BCUT2D eigenvalue weighted by atomic mass is 32.2. The second kappa shape index (κ2) is 5.71. The molecule has 2 aliphatic rings. The number of hydrogen-bond acceptors (Lipinski definition) is 3. The second-order valence-corrected chi connectivity index (χ2v) is 8.26. The molecule has 0 spiro atoms. The standard InChI is InChI=1S/C16H24N2O2S/c1-13-12-17(2)9-10-18(13)21(19,20)16-8-7-14-5-3-4-6-15(14)11-16/h7-8,11,13H,3-6,9-10,12H2,1-2H3. The van der Waals surface area contributed by atoms with Gasteiger partial charge < -0.3 is 4.90 Å². The summed E-state index contributed by atoms with van der Waals surface area (Å²) in [7, 11) is -1.32. The Morgan fingerprint density at radius 3 is 2.52 bits per heavy atom. The van der Waals surface area contributed by atoms with E-state index in [4.69, 9.17) is 0 Å². The second-order valence-electron chi connectivity index (χ2n) is 6.36. The molecule has 1 fully saturated rings. The third-order valence-corrected chi connectivity index (χ3v) is 6.71. The number of nitrogens with zero attached hydrogens (tertiary/aromatic N) is 2. The van der Waals surface area contributed by atoms with E-state index in [1.54, 1.807) is 10.4 Å². The molecule has 5 heteroatoms. The van der Waals surface area contributed by atoms with E-state index in [0.717, 1.165) is 25.9 Å². The van der Waals surface area contributed by atoms with Crippen molar-refractivity contribution >= 4 is 10.0 Å². The van der Waals surface area contributed by atoms with E-state index in [2.05, 4.69) is 4.90 Å². The summed E-state index contributed by atoms with van der Waals surface area (Å²) >= 11 is 0. The Labute approximate surface area is 127 Å². The zero-order valence-corrected chi connectivity index (χ0v) is 13.7. The summed E-state index contributed by atoms with van der Waals surface area (Å²) in [4.78, 5) is 2.66. The Morgan fingerprint density at radius 1 is 1.10 bits per heavy atom. The molecule has 0 saturated carbocycles. The van der Waals surface area contributed by atoms with E-state index in [9.17, 15) is 8.42 Å². The maximum absolute atomic E-state index is 12.9. The van der Waals surface area contributed by atoms with Crippen LogP contribution in [0.1, 0.15) is 30.9 Å². The lowest BCUT2D eigenvalue weighted by Gasteiger charge is -2.37. The van der Waals surface area contributed by atoms with E-state index in [0.29, 0.717) is 11.4 Å². The van der Waals surface area contributed by atoms with Gasteiger partial charge in [0.2, 0.25) is 10.0 Å². The lowest BCUT2D eigenvalue weighted by molar-refractivity contribution is 0.170. The van der Waals surface area contributed by atoms with Gasteiger partial charge in [-0.15, -0.1) is 0 Å². The largest absolute Gasteiger partial charge is 0.303 e. The van der Waals surface area contributed by atoms with Gasteiger partial charge in [-0.05, 0) is 62.9 Å². The number of likely N-dealkylation sites (N-methyl/N-ethyl adjacent to an activating group) is 1. The number of piperazine rings is 1. The molecule has 1 aromatic rings. The molecule has 116 valence electrons. The van der Waals surface area contributed by atoms with Crippen molar-refractivity contribution in [1.29, 1.82) is 0 Å². The van der Waals surface area contributed by atoms with Crippen LogP contribution in [0.3, 0.4) is 0 Å². The lowest BCUT2D eigenvalue weighted by atomic mass is 9.92. The van der Waals surface area contributed by atoms with E-state index in [-0.39, 0.29) is 6.04 Å². The van der Waals surface area contributed by atoms with Gasteiger partial charge in [0, 0.05) is 25.7 Å². The van der Waals surface area contributed by atoms with Crippen molar-refractivity contribution in [3.63, 3.8) is 0 Å². The summed E-state index contributed by atoms with van der Waals surface area (Å²) in [5, 5.41) is 0. The van der Waals surface area contributed by atoms with E-state index >= 15 is 0 Å². The quantitative estimate of drug-likeness (QED) is 0.838. The molecule has 0 amide bonds. The molecule has 4 nitrogen and oxygen atoms in total. The molecule has 3 rings (SSSR count). The Kier molecular flexibility index (Phi) is 4.08. The van der Waals surface area contributed by atoms with Gasteiger partial charge in [-0.3, -0.25) is 0 Å². The molecule has 1 saturated heterocycles. The highest BCUT2D eigenvalue weighted by Crippen LogP contribution is 2.27. The molecule has 1 aromatic carbocycles. The van der Waals surface area contributed by atoms with Gasteiger partial charge in [0.1, 0.15) is 0 Å². The number of aryl methyl sites for hydroxylation is 2. The first-order valence-corrected chi connectivity index (χ1v) is 9.24. The normalized spacial score (nSPS) is 24.8. The first kappa shape index (κ1) is 15.0. The molecular formula is C16H24N2O2S. The van der Waals surface area contributed by atoms with Gasteiger partial charge in [0.15, 0.2) is 0 Å². The van der Waals surface area contributed by atoms with Gasteiger partial charge >= 0.3 is 0 Å². The fourth-order valence-corrected chi connectivity index (χ4v) is 5.15. The van der Waals surface area contributed by atoms with Crippen LogP contribution < -0.4 is 0 Å². The Morgan fingerprint density at radius 2 is 1.81 bits per heavy atom. The van der Waals surface area contributed by atoms with Crippen molar-refractivity contribution in [2.24, 2.45) is 0 Å². The minimum absolute atomic E-state index is 0.0322. The van der Waals surface area contributed by atoms with Crippen molar-refractivity contribution in [2.75, 3.05) is 26.7 Å². The van der Waals surface area contributed by atoms with E-state index < -0.39 is 10.0 Å². The molecule has 0 aromatic heterocycles. The molecule has 0 radical (unpaired) electrons. The molecule has 21 heavy (non-hydrogen) atoms. The SMILES string of the molecule is CC1CN(C)CCN1S(=O)(=O)c1ccc2c(c1)CCCC2. The van der Waals surface area contributed by atoms with Crippen LogP contribution >= 0.6 is 0 Å². The van der Waals surface area contributed by atoms with Crippen molar-refractivity contribution in [3.05, 3.63) is 29.3 Å². The summed E-state index contributed by atoms with van der Waals surface area (Å²) < 4.78 is 27.5. The van der Waals surface area contributed by atoms with Crippen molar-refractivity contribution < 1.29 is 8.42 Å². The van der Waals surface area contributed by atoms with Crippen LogP contribution in [0, 0.1) is 0 Å². The smallest absolute Gasteiger partial charge is 0.243 e. The predicted octanol–water partition coefficient (Wildman–Crippen LogP) is 1.89. The molecule has 0 N–H and O–H groups in total. The van der Waals surface area contributed by atoms with Crippen molar-refractivity contribution in [2.45, 2.75) is 43.5 Å². The zero-order valence-electron chi connectivity index (χ0n) is 12.9. The fraction of sp³-hybridized carbons (Fsp3) is 0.625. The monoisotopic (exact) mass is 308 g/mol. The highest BCUT2D eigenvalue weighted by Gasteiger charge is 2.33. The van der Waals surface area contributed by atoms with Gasteiger partial charge in [-0.1, -0.05) is 6.07 Å². The minimum Gasteiger partial charge on any atom is -0.303 e. The number of sulfonamides is 1. The van der Waals surface area contributed by atoms with Crippen molar-refractivity contribution in [3.8, 4) is 0 Å². The molecule has 1 heterocycles. The molecule has 1 unspecified atom stereocenters. The summed E-state index contributed by atoms with van der Waals surface area (Å²) in [6.07, 6.45) is 4.48. The van der Waals surface area contributed by atoms with E-state index in [1.807, 2.05) is 26.1 Å². The van der Waals surface area contributed by atoms with Gasteiger partial charge in [0.25, 0.3) is 0 Å². The zero-order chi connectivity index (χ0) is 15.0. The van der Waals surface area contributed by atoms with Crippen LogP contribution in [0.25, 0.3) is 0 Å². The number of fused-ring (bicyclic) bond motifs is 1. The average molecular weight is 308 g/mol. The van der Waals surface area contributed by atoms with E-state index in [1.165, 1.54) is 24.0 Å². The number of benzene rings is 1. The lowest BCUT2D eigenvalue weighted by Crippen LogP contribution is -2.52. The van der Waals surface area contributed by atoms with Gasteiger partial charge in [-0.2, -0.15) is 4.31 Å². The highest BCUT2D eigenvalue weighted by molar-refractivity contribution is 7.89. The summed E-state index contributed by atoms with van der Waals surface area (Å²) in [5.74, 6) is 0. The van der Waals surface area contributed by atoms with Gasteiger partial charge in [-0.25, -0.2) is 8.42 Å².